The zero-order valence-electron chi connectivity index (χ0n) is 17.5. The van der Waals surface area contributed by atoms with Crippen molar-refractivity contribution in [3.8, 4) is 17.1 Å². The number of carbonyl (C=O) groups is 1. The lowest BCUT2D eigenvalue weighted by Crippen LogP contribution is -2.20. The number of halogens is 1. The average Bonchev–Trinajstić information content (AvgIpc) is 3.28. The third-order valence-electron chi connectivity index (χ3n) is 4.59. The number of nitro benzene ring substituents is 1. The van der Waals surface area contributed by atoms with E-state index in [0.717, 1.165) is 11.3 Å². The lowest BCUT2D eigenvalue weighted by atomic mass is 10.2. The van der Waals surface area contributed by atoms with Crippen LogP contribution < -0.4 is 5.43 Å². The number of aromatic nitrogens is 3. The van der Waals surface area contributed by atoms with Crippen molar-refractivity contribution >= 4 is 41.2 Å². The second kappa shape index (κ2) is 10.7. The molecular formula is C23H17ClN6O3S. The Morgan fingerprint density at radius 1 is 1.06 bits per heavy atom. The molecule has 1 heterocycles. The van der Waals surface area contributed by atoms with Crippen LogP contribution in [0.15, 0.2) is 89.1 Å². The highest BCUT2D eigenvalue weighted by Gasteiger charge is 2.17. The lowest BCUT2D eigenvalue weighted by molar-refractivity contribution is -0.384. The van der Waals surface area contributed by atoms with Gasteiger partial charge in [-0.1, -0.05) is 53.7 Å². The highest BCUT2D eigenvalue weighted by molar-refractivity contribution is 7.99. The van der Waals surface area contributed by atoms with Crippen molar-refractivity contribution < 1.29 is 9.72 Å². The van der Waals surface area contributed by atoms with Crippen molar-refractivity contribution in [2.75, 3.05) is 5.75 Å². The predicted octanol–water partition coefficient (Wildman–Crippen LogP) is 4.74. The molecule has 0 atom stereocenters. The minimum absolute atomic E-state index is 0.0164. The van der Waals surface area contributed by atoms with E-state index in [4.69, 9.17) is 11.6 Å². The number of non-ortho nitro benzene ring substituents is 1. The highest BCUT2D eigenvalue weighted by Crippen LogP contribution is 2.28. The molecule has 0 saturated heterocycles. The van der Waals surface area contributed by atoms with Gasteiger partial charge >= 0.3 is 0 Å². The third-order valence-corrected chi connectivity index (χ3v) is 5.77. The van der Waals surface area contributed by atoms with E-state index in [9.17, 15) is 14.9 Å². The normalized spacial score (nSPS) is 11.0. The van der Waals surface area contributed by atoms with E-state index in [1.54, 1.807) is 24.3 Å². The van der Waals surface area contributed by atoms with Crippen molar-refractivity contribution in [1.82, 2.24) is 20.2 Å². The Kier molecular flexibility index (Phi) is 7.31. The summed E-state index contributed by atoms with van der Waals surface area (Å²) < 4.78 is 1.86. The number of hydrogen-bond donors (Lipinski definition) is 1. The van der Waals surface area contributed by atoms with Gasteiger partial charge in [0.2, 0.25) is 0 Å². The number of amides is 1. The quantitative estimate of drug-likeness (QED) is 0.164. The zero-order chi connectivity index (χ0) is 23.9. The van der Waals surface area contributed by atoms with Crippen molar-refractivity contribution in [3.05, 3.63) is 99.6 Å². The Bertz CT molecular complexity index is 1330. The fraction of sp³-hybridized carbons (Fsp3) is 0.0435. The smallest absolute Gasteiger partial charge is 0.269 e. The molecule has 4 rings (SSSR count). The van der Waals surface area contributed by atoms with Crippen LogP contribution in [0.1, 0.15) is 5.56 Å². The minimum atomic E-state index is -0.480. The number of nitrogens with zero attached hydrogens (tertiary/aromatic N) is 5. The summed E-state index contributed by atoms with van der Waals surface area (Å²) in [5.41, 5.74) is 4.74. The summed E-state index contributed by atoms with van der Waals surface area (Å²) in [7, 11) is 0. The van der Waals surface area contributed by atoms with Gasteiger partial charge in [0, 0.05) is 28.4 Å². The van der Waals surface area contributed by atoms with E-state index in [2.05, 4.69) is 20.7 Å². The summed E-state index contributed by atoms with van der Waals surface area (Å²) in [4.78, 5) is 22.5. The molecule has 1 amide bonds. The Balaban J connectivity index is 1.46. The van der Waals surface area contributed by atoms with Crippen molar-refractivity contribution in [2.24, 2.45) is 5.10 Å². The molecule has 1 aromatic heterocycles. The van der Waals surface area contributed by atoms with Gasteiger partial charge in [-0.05, 0) is 42.0 Å². The summed E-state index contributed by atoms with van der Waals surface area (Å²) in [6.07, 6.45) is 1.41. The topological polar surface area (TPSA) is 115 Å². The van der Waals surface area contributed by atoms with Crippen molar-refractivity contribution in [3.63, 3.8) is 0 Å². The number of nitro groups is 1. The summed E-state index contributed by atoms with van der Waals surface area (Å²) in [5.74, 6) is 0.357. The Labute approximate surface area is 203 Å². The fourth-order valence-corrected chi connectivity index (χ4v) is 3.85. The molecule has 0 aliphatic rings. The van der Waals surface area contributed by atoms with Crippen molar-refractivity contribution in [2.45, 2.75) is 5.16 Å². The van der Waals surface area contributed by atoms with E-state index >= 15 is 0 Å². The van der Waals surface area contributed by atoms with Crippen LogP contribution in [0.5, 0.6) is 0 Å². The van der Waals surface area contributed by atoms with Crippen LogP contribution in [0.25, 0.3) is 17.1 Å². The first kappa shape index (κ1) is 23.1. The molecule has 0 fully saturated rings. The second-order valence-corrected chi connectivity index (χ2v) is 8.29. The van der Waals surface area contributed by atoms with E-state index in [0.29, 0.717) is 21.6 Å². The number of carbonyl (C=O) groups excluding carboxylic acids is 1. The predicted molar refractivity (Wildman–Crippen MR) is 131 cm³/mol. The first-order valence-electron chi connectivity index (χ1n) is 9.97. The largest absolute Gasteiger partial charge is 0.272 e. The maximum Gasteiger partial charge on any atom is 0.269 e. The Morgan fingerprint density at radius 2 is 1.76 bits per heavy atom. The molecule has 0 bridgehead atoms. The third kappa shape index (κ3) is 5.66. The van der Waals surface area contributed by atoms with Crippen molar-refractivity contribution in [1.29, 1.82) is 0 Å². The van der Waals surface area contributed by atoms with Gasteiger partial charge < -0.3 is 0 Å². The van der Waals surface area contributed by atoms with Gasteiger partial charge in [-0.15, -0.1) is 10.2 Å². The maximum absolute atomic E-state index is 12.3. The molecule has 0 unspecified atom stereocenters. The van der Waals surface area contributed by atoms with Crippen LogP contribution in [0.3, 0.4) is 0 Å². The molecule has 0 aliphatic carbocycles. The molecule has 170 valence electrons. The molecule has 3 aromatic carbocycles. The first-order chi connectivity index (χ1) is 16.5. The lowest BCUT2D eigenvalue weighted by Gasteiger charge is -2.10. The number of hydrogen-bond acceptors (Lipinski definition) is 7. The van der Waals surface area contributed by atoms with Gasteiger partial charge in [-0.2, -0.15) is 5.10 Å². The van der Waals surface area contributed by atoms with E-state index in [-0.39, 0.29) is 17.3 Å². The van der Waals surface area contributed by atoms with Gasteiger partial charge in [0.25, 0.3) is 11.6 Å². The maximum atomic E-state index is 12.3. The van der Waals surface area contributed by atoms with Gasteiger partial charge in [-0.25, -0.2) is 5.43 Å². The Hall–Kier alpha value is -4.02. The van der Waals surface area contributed by atoms with Gasteiger partial charge in [0.05, 0.1) is 16.9 Å². The fourth-order valence-electron chi connectivity index (χ4n) is 2.98. The van der Waals surface area contributed by atoms with Crippen LogP contribution in [0.4, 0.5) is 5.69 Å². The number of nitrogens with one attached hydrogen (secondary N) is 1. The molecule has 1 N–H and O–H groups in total. The van der Waals surface area contributed by atoms with Crippen LogP contribution in [0.2, 0.25) is 5.02 Å². The molecule has 0 spiro atoms. The SMILES string of the molecule is O=C(CSc1nnc(-c2ccccc2)n1-c1ccc(Cl)cc1)N/N=C/c1ccc([N+](=O)[O-])cc1. The summed E-state index contributed by atoms with van der Waals surface area (Å²) >= 11 is 7.26. The molecular weight excluding hydrogens is 476 g/mol. The molecule has 0 saturated carbocycles. The Morgan fingerprint density at radius 3 is 2.44 bits per heavy atom. The van der Waals surface area contributed by atoms with Gasteiger partial charge in [-0.3, -0.25) is 19.5 Å². The molecule has 0 radical (unpaired) electrons. The van der Waals surface area contributed by atoms with Crippen LogP contribution >= 0.6 is 23.4 Å². The van der Waals surface area contributed by atoms with Gasteiger partial charge in [0.1, 0.15) is 0 Å². The number of benzene rings is 3. The van der Waals surface area contributed by atoms with Gasteiger partial charge in [0.15, 0.2) is 11.0 Å². The zero-order valence-corrected chi connectivity index (χ0v) is 19.1. The summed E-state index contributed by atoms with van der Waals surface area (Å²) in [6, 6.07) is 22.7. The van der Waals surface area contributed by atoms with Crippen LogP contribution in [-0.4, -0.2) is 37.6 Å². The van der Waals surface area contributed by atoms with E-state index < -0.39 is 4.92 Å². The average molecular weight is 493 g/mol. The number of hydrazone groups is 1. The van der Waals surface area contributed by atoms with E-state index in [1.165, 1.54) is 30.1 Å². The molecule has 9 nitrogen and oxygen atoms in total. The molecule has 11 heteroatoms. The van der Waals surface area contributed by atoms with Crippen LogP contribution in [0, 0.1) is 10.1 Å². The summed E-state index contributed by atoms with van der Waals surface area (Å²) in [5, 5.41) is 24.4. The minimum Gasteiger partial charge on any atom is -0.272 e. The molecule has 4 aromatic rings. The standard InChI is InChI=1S/C23H17ClN6O3S/c24-18-8-12-19(13-9-18)29-22(17-4-2-1-3-5-17)27-28-23(29)34-15-21(31)26-25-14-16-6-10-20(11-7-16)30(32)33/h1-14H,15H2,(H,26,31)/b25-14+. The van der Waals surface area contributed by atoms with Crippen LogP contribution in [-0.2, 0) is 4.79 Å². The summed E-state index contributed by atoms with van der Waals surface area (Å²) in [6.45, 7) is 0. The number of rotatable bonds is 8. The highest BCUT2D eigenvalue weighted by atomic mass is 35.5. The van der Waals surface area contributed by atoms with E-state index in [1.807, 2.05) is 47.0 Å². The second-order valence-electron chi connectivity index (χ2n) is 6.91. The molecule has 34 heavy (non-hydrogen) atoms. The first-order valence-corrected chi connectivity index (χ1v) is 11.3. The molecule has 0 aliphatic heterocycles. The number of thioether (sulfide) groups is 1. The monoisotopic (exact) mass is 492 g/mol.